The number of hydrogen-bond donors (Lipinski definition) is 3. The lowest BCUT2D eigenvalue weighted by atomic mass is 10.1. The molecule has 152 valence electrons. The van der Waals surface area contributed by atoms with Gasteiger partial charge in [-0.2, -0.15) is 0 Å². The maximum Gasteiger partial charge on any atom is 0.337 e. The van der Waals surface area contributed by atoms with E-state index < -0.39 is 5.97 Å². The number of nitrogens with one attached hydrogen (secondary N) is 1. The van der Waals surface area contributed by atoms with Crippen LogP contribution in [0.25, 0.3) is 10.9 Å². The number of aromatic nitrogens is 2. The van der Waals surface area contributed by atoms with E-state index in [2.05, 4.69) is 41.8 Å². The summed E-state index contributed by atoms with van der Waals surface area (Å²) in [6, 6.07) is 6.85. The van der Waals surface area contributed by atoms with Crippen LogP contribution in [-0.4, -0.2) is 21.0 Å². The van der Waals surface area contributed by atoms with Crippen molar-refractivity contribution in [2.24, 2.45) is 0 Å². The highest BCUT2D eigenvalue weighted by Crippen LogP contribution is 2.23. The van der Waals surface area contributed by atoms with Crippen LogP contribution in [0, 0.1) is 20.8 Å². The molecule has 8 heteroatoms. The zero-order valence-corrected chi connectivity index (χ0v) is 17.5. The third-order valence-electron chi connectivity index (χ3n) is 3.67. The molecule has 3 aromatic rings. The number of aromatic amines is 1. The molecule has 0 radical (unpaired) electrons. The quantitative estimate of drug-likeness (QED) is 0.365. The Morgan fingerprint density at radius 1 is 1.04 bits per heavy atom. The van der Waals surface area contributed by atoms with Gasteiger partial charge in [0.25, 0.3) is 5.56 Å². The number of carbonyl (C=O) groups is 1. The molecule has 0 saturated heterocycles. The number of H-pyrrole nitrogens is 1. The zero-order valence-electron chi connectivity index (χ0n) is 14.4. The van der Waals surface area contributed by atoms with Crippen LogP contribution in [0.1, 0.15) is 42.2 Å². The molecular weight excluding hydrogens is 490 g/mol. The lowest BCUT2D eigenvalue weighted by Gasteiger charge is -2.03. The Morgan fingerprint density at radius 2 is 1.57 bits per heavy atom. The summed E-state index contributed by atoms with van der Waals surface area (Å²) in [6.45, 7) is 5.60. The predicted molar refractivity (Wildman–Crippen MR) is 123 cm³/mol. The first kappa shape index (κ1) is 25.8. The smallest absolute Gasteiger partial charge is 0.337 e. The Hall–Kier alpha value is -2.19. The molecule has 0 aliphatic heterocycles. The van der Waals surface area contributed by atoms with Gasteiger partial charge in [0.1, 0.15) is 5.82 Å². The van der Waals surface area contributed by atoms with Crippen molar-refractivity contribution in [1.29, 1.82) is 0 Å². The van der Waals surface area contributed by atoms with E-state index in [4.69, 9.17) is 10.8 Å². The number of aryl methyl sites for hydroxylation is 3. The fourth-order valence-corrected chi connectivity index (χ4v) is 2.96. The fraction of sp³-hybridized carbons (Fsp3) is 0.250. The highest BCUT2D eigenvalue weighted by molar-refractivity contribution is 9.10. The summed E-state index contributed by atoms with van der Waals surface area (Å²) in [6.07, 6.45) is 0. The highest BCUT2D eigenvalue weighted by atomic mass is 79.9. The Bertz CT molecular complexity index is 1060. The minimum Gasteiger partial charge on any atom is -0.478 e. The summed E-state index contributed by atoms with van der Waals surface area (Å²) in [4.78, 5) is 29.1. The van der Waals surface area contributed by atoms with Crippen LogP contribution in [0.5, 0.6) is 0 Å². The first-order chi connectivity index (χ1) is 12.1. The van der Waals surface area contributed by atoms with E-state index in [1.807, 2.05) is 19.9 Å². The summed E-state index contributed by atoms with van der Waals surface area (Å²) >= 11 is 6.62. The van der Waals surface area contributed by atoms with Crippen molar-refractivity contribution < 1.29 is 9.90 Å². The number of nitrogens with zero attached hydrogens (tertiary/aromatic N) is 1. The van der Waals surface area contributed by atoms with Crippen molar-refractivity contribution in [3.63, 3.8) is 0 Å². The molecule has 0 unspecified atom stereocenters. The van der Waals surface area contributed by atoms with Crippen molar-refractivity contribution in [2.45, 2.75) is 35.6 Å². The van der Waals surface area contributed by atoms with Gasteiger partial charge in [-0.15, -0.1) is 0 Å². The third kappa shape index (κ3) is 5.90. The molecule has 2 aromatic carbocycles. The molecule has 0 saturated carbocycles. The maximum absolute atomic E-state index is 11.5. The number of fused-ring (bicyclic) bond motifs is 1. The van der Waals surface area contributed by atoms with Gasteiger partial charge in [0.05, 0.1) is 16.5 Å². The van der Waals surface area contributed by atoms with E-state index in [1.165, 1.54) is 6.07 Å². The number of halogens is 2. The number of benzene rings is 2. The largest absolute Gasteiger partial charge is 0.478 e. The second-order valence-corrected chi connectivity index (χ2v) is 7.47. The lowest BCUT2D eigenvalue weighted by Crippen LogP contribution is -2.09. The van der Waals surface area contributed by atoms with Crippen LogP contribution >= 0.6 is 31.9 Å². The Labute approximate surface area is 181 Å². The Morgan fingerprint density at radius 3 is 2.14 bits per heavy atom. The minimum atomic E-state index is -1.01. The molecule has 3 rings (SSSR count). The molecule has 0 bridgehead atoms. The summed E-state index contributed by atoms with van der Waals surface area (Å²) < 4.78 is 1.69. The van der Waals surface area contributed by atoms with Gasteiger partial charge in [-0.25, -0.2) is 9.78 Å². The standard InChI is InChI=1S/C10H9BrN2O.C8H8BrNO2.2CH4/c1-5-3-9-7(4-8(5)11)10(14)13-6(2)12-9;1-4-2-7(10)5(8(11)12)3-6(4)9;;/h3-4H,1-2H3,(H,12,13,14);2-3H,10H2,1H3,(H,11,12);2*1H4. The van der Waals surface area contributed by atoms with Gasteiger partial charge in [0.2, 0.25) is 0 Å². The van der Waals surface area contributed by atoms with E-state index in [0.29, 0.717) is 16.9 Å². The van der Waals surface area contributed by atoms with Crippen molar-refractivity contribution in [1.82, 2.24) is 9.97 Å². The maximum atomic E-state index is 11.5. The summed E-state index contributed by atoms with van der Waals surface area (Å²) in [5, 5.41) is 9.30. The monoisotopic (exact) mass is 513 g/mol. The second-order valence-electron chi connectivity index (χ2n) is 5.76. The number of nitrogen functional groups attached to an aromatic ring is 1. The molecule has 0 spiro atoms. The van der Waals surface area contributed by atoms with E-state index in [9.17, 15) is 9.59 Å². The first-order valence-corrected chi connectivity index (χ1v) is 9.14. The van der Waals surface area contributed by atoms with E-state index in [-0.39, 0.29) is 26.0 Å². The molecule has 0 atom stereocenters. The highest BCUT2D eigenvalue weighted by Gasteiger charge is 2.09. The molecule has 4 N–H and O–H groups in total. The van der Waals surface area contributed by atoms with Crippen LogP contribution in [0.2, 0.25) is 0 Å². The van der Waals surface area contributed by atoms with Crippen LogP contribution in [0.3, 0.4) is 0 Å². The number of anilines is 1. The van der Waals surface area contributed by atoms with E-state index in [0.717, 1.165) is 25.6 Å². The van der Waals surface area contributed by atoms with Crippen LogP contribution in [0.4, 0.5) is 5.69 Å². The van der Waals surface area contributed by atoms with E-state index >= 15 is 0 Å². The van der Waals surface area contributed by atoms with Gasteiger partial charge in [0.15, 0.2) is 0 Å². The number of aromatic carboxylic acids is 1. The Balaban J connectivity index is 0.000000492. The van der Waals surface area contributed by atoms with Gasteiger partial charge in [-0.1, -0.05) is 46.7 Å². The Kier molecular flexibility index (Phi) is 9.57. The van der Waals surface area contributed by atoms with Crippen molar-refractivity contribution in [3.8, 4) is 0 Å². The van der Waals surface area contributed by atoms with E-state index in [1.54, 1.807) is 19.1 Å². The SMILES string of the molecule is C.C.Cc1cc(N)c(C(=O)O)cc1Br.Cc1nc2cc(C)c(Br)cc2c(=O)[nH]1. The molecule has 1 heterocycles. The van der Waals surface area contributed by atoms with Crippen LogP contribution in [-0.2, 0) is 0 Å². The molecule has 1 aromatic heterocycles. The summed E-state index contributed by atoms with van der Waals surface area (Å²) in [5.74, 6) is -0.363. The number of carboxylic acids is 1. The third-order valence-corrected chi connectivity index (χ3v) is 5.37. The molecule has 28 heavy (non-hydrogen) atoms. The molecule has 0 amide bonds. The predicted octanol–water partition coefficient (Wildman–Crippen LogP) is 5.61. The van der Waals surface area contributed by atoms with Gasteiger partial charge in [-0.3, -0.25) is 4.79 Å². The molecule has 0 aliphatic rings. The van der Waals surface area contributed by atoms with Gasteiger partial charge >= 0.3 is 5.97 Å². The number of rotatable bonds is 1. The molecule has 0 aliphatic carbocycles. The van der Waals surface area contributed by atoms with Crippen molar-refractivity contribution >= 4 is 54.4 Å². The second kappa shape index (κ2) is 10.4. The van der Waals surface area contributed by atoms with Gasteiger partial charge in [0, 0.05) is 14.6 Å². The van der Waals surface area contributed by atoms with Gasteiger partial charge in [-0.05, 0) is 56.2 Å². The zero-order chi connectivity index (χ0) is 19.6. The number of carboxylic acid groups (broad SMARTS) is 1. The average molecular weight is 515 g/mol. The molecule has 6 nitrogen and oxygen atoms in total. The number of hydrogen-bond acceptors (Lipinski definition) is 4. The first-order valence-electron chi connectivity index (χ1n) is 7.56. The van der Waals surface area contributed by atoms with Gasteiger partial charge < -0.3 is 15.8 Å². The number of nitrogens with two attached hydrogens (primary N) is 1. The molecular formula is C20H25Br2N3O3. The van der Waals surface area contributed by atoms with Crippen molar-refractivity contribution in [3.05, 3.63) is 66.1 Å². The summed E-state index contributed by atoms with van der Waals surface area (Å²) in [5.41, 5.74) is 8.58. The minimum absolute atomic E-state index is 0. The van der Waals surface area contributed by atoms with Crippen LogP contribution in [0.15, 0.2) is 38.0 Å². The fourth-order valence-electron chi connectivity index (χ4n) is 2.27. The normalized spacial score (nSPS) is 9.61. The average Bonchev–Trinajstić information content (AvgIpc) is 2.53. The van der Waals surface area contributed by atoms with Crippen LogP contribution < -0.4 is 11.3 Å². The molecule has 0 fully saturated rings. The topological polar surface area (TPSA) is 109 Å². The lowest BCUT2D eigenvalue weighted by molar-refractivity contribution is 0.0698. The summed E-state index contributed by atoms with van der Waals surface area (Å²) in [7, 11) is 0. The van der Waals surface area contributed by atoms with Crippen molar-refractivity contribution in [2.75, 3.05) is 5.73 Å².